The first kappa shape index (κ1) is 16.2. The van der Waals surface area contributed by atoms with Crippen molar-refractivity contribution in [3.05, 3.63) is 34.9 Å². The van der Waals surface area contributed by atoms with Crippen molar-refractivity contribution in [2.75, 3.05) is 0 Å². The maximum Gasteiger partial charge on any atom is 0.237 e. The van der Waals surface area contributed by atoms with Gasteiger partial charge in [0.05, 0.1) is 12.1 Å². The predicted octanol–water partition coefficient (Wildman–Crippen LogP) is 2.68. The van der Waals surface area contributed by atoms with E-state index in [0.29, 0.717) is 11.4 Å². The molecule has 0 fully saturated rings. The Morgan fingerprint density at radius 1 is 1.53 bits per heavy atom. The van der Waals surface area contributed by atoms with Crippen LogP contribution in [0, 0.1) is 0 Å². The van der Waals surface area contributed by atoms with E-state index in [1.165, 1.54) is 0 Å². The van der Waals surface area contributed by atoms with Gasteiger partial charge in [-0.25, -0.2) is 0 Å². The van der Waals surface area contributed by atoms with Crippen molar-refractivity contribution in [1.29, 1.82) is 0 Å². The monoisotopic (exact) mass is 276 g/mol. The fourth-order valence-electron chi connectivity index (χ4n) is 1.37. The largest absolute Gasteiger partial charge is 0.348 e. The zero-order chi connectivity index (χ0) is 12.1. The van der Waals surface area contributed by atoms with Crippen LogP contribution >= 0.6 is 24.0 Å². The number of carbonyl (C=O) groups excluding carboxylic acids is 1. The molecule has 1 aromatic carbocycles. The van der Waals surface area contributed by atoms with Crippen molar-refractivity contribution in [1.82, 2.24) is 5.32 Å². The van der Waals surface area contributed by atoms with Gasteiger partial charge in [-0.3, -0.25) is 4.79 Å². The Balaban J connectivity index is 0.00000256. The molecule has 5 heteroatoms. The van der Waals surface area contributed by atoms with Crippen molar-refractivity contribution in [2.24, 2.45) is 5.73 Å². The van der Waals surface area contributed by atoms with Gasteiger partial charge >= 0.3 is 0 Å². The van der Waals surface area contributed by atoms with Crippen molar-refractivity contribution in [2.45, 2.75) is 32.4 Å². The lowest BCUT2D eigenvalue weighted by Crippen LogP contribution is -2.41. The van der Waals surface area contributed by atoms with Gasteiger partial charge in [0.2, 0.25) is 5.91 Å². The zero-order valence-corrected chi connectivity index (χ0v) is 11.5. The molecule has 0 bridgehead atoms. The summed E-state index contributed by atoms with van der Waals surface area (Å²) in [6.45, 7) is 3.79. The molecule has 3 N–H and O–H groups in total. The Morgan fingerprint density at radius 2 is 2.18 bits per heavy atom. The van der Waals surface area contributed by atoms with Crippen LogP contribution in [0.5, 0.6) is 0 Å². The lowest BCUT2D eigenvalue weighted by Gasteiger charge is -2.17. The standard InChI is InChI=1S/C12H17ClN2O.ClH/c1-3-11(14)12(16)15-8(2)9-5-4-6-10(13)7-9;/h4-8,11H,3,14H2,1-2H3,(H,15,16);1H/t8-,11+;/m1./s1. The summed E-state index contributed by atoms with van der Waals surface area (Å²) in [4.78, 5) is 11.6. The first-order chi connectivity index (χ1) is 7.54. The SMILES string of the molecule is CC[C@H](N)C(=O)N[C@H](C)c1cccc(Cl)c1.Cl. The van der Waals surface area contributed by atoms with E-state index in [4.69, 9.17) is 17.3 Å². The molecule has 0 radical (unpaired) electrons. The molecule has 0 heterocycles. The predicted molar refractivity (Wildman–Crippen MR) is 73.5 cm³/mol. The molecule has 1 amide bonds. The number of carbonyl (C=O) groups is 1. The molecule has 0 spiro atoms. The van der Waals surface area contributed by atoms with Gasteiger partial charge in [0.25, 0.3) is 0 Å². The minimum Gasteiger partial charge on any atom is -0.348 e. The van der Waals surface area contributed by atoms with Gasteiger partial charge in [0, 0.05) is 5.02 Å². The van der Waals surface area contributed by atoms with Crippen molar-refractivity contribution >= 4 is 29.9 Å². The van der Waals surface area contributed by atoms with Crippen LogP contribution in [0.2, 0.25) is 5.02 Å². The molecular weight excluding hydrogens is 259 g/mol. The van der Waals surface area contributed by atoms with Crippen LogP contribution in [0.3, 0.4) is 0 Å². The maximum atomic E-state index is 11.6. The van der Waals surface area contributed by atoms with Gasteiger partial charge in [-0.15, -0.1) is 12.4 Å². The quantitative estimate of drug-likeness (QED) is 0.889. The van der Waals surface area contributed by atoms with Gasteiger partial charge in [0.1, 0.15) is 0 Å². The third-order valence-corrected chi connectivity index (χ3v) is 2.72. The number of hydrogen-bond donors (Lipinski definition) is 2. The number of benzene rings is 1. The molecule has 0 saturated carbocycles. The minimum atomic E-state index is -0.443. The molecule has 1 rings (SSSR count). The number of nitrogens with two attached hydrogens (primary N) is 1. The number of nitrogens with one attached hydrogen (secondary N) is 1. The summed E-state index contributed by atoms with van der Waals surface area (Å²) in [6.07, 6.45) is 0.633. The molecular formula is C12H18Cl2N2O. The van der Waals surface area contributed by atoms with Gasteiger partial charge < -0.3 is 11.1 Å². The van der Waals surface area contributed by atoms with Crippen LogP contribution in [0.4, 0.5) is 0 Å². The molecule has 0 aliphatic carbocycles. The van der Waals surface area contributed by atoms with E-state index in [0.717, 1.165) is 5.56 Å². The van der Waals surface area contributed by atoms with Gasteiger partial charge in [-0.05, 0) is 31.0 Å². The van der Waals surface area contributed by atoms with Crippen molar-refractivity contribution in [3.63, 3.8) is 0 Å². The summed E-state index contributed by atoms with van der Waals surface area (Å²) in [5, 5.41) is 3.52. The summed E-state index contributed by atoms with van der Waals surface area (Å²) in [5.74, 6) is -0.130. The van der Waals surface area contributed by atoms with Crippen LogP contribution in [0.1, 0.15) is 31.9 Å². The van der Waals surface area contributed by atoms with Crippen molar-refractivity contribution in [3.8, 4) is 0 Å². The Bertz CT molecular complexity index is 371. The van der Waals surface area contributed by atoms with Gasteiger partial charge in [-0.2, -0.15) is 0 Å². The number of amides is 1. The van der Waals surface area contributed by atoms with E-state index in [9.17, 15) is 4.79 Å². The van der Waals surface area contributed by atoms with E-state index in [1.807, 2.05) is 32.0 Å². The third kappa shape index (κ3) is 4.94. The summed E-state index contributed by atoms with van der Waals surface area (Å²) >= 11 is 5.88. The first-order valence-electron chi connectivity index (χ1n) is 5.36. The second kappa shape index (κ2) is 7.54. The lowest BCUT2D eigenvalue weighted by molar-refractivity contribution is -0.123. The van der Waals surface area contributed by atoms with Crippen LogP contribution < -0.4 is 11.1 Å². The highest BCUT2D eigenvalue weighted by Crippen LogP contribution is 2.17. The number of rotatable bonds is 4. The van der Waals surface area contributed by atoms with E-state index in [1.54, 1.807) is 6.07 Å². The summed E-state index contributed by atoms with van der Waals surface area (Å²) in [7, 11) is 0. The lowest BCUT2D eigenvalue weighted by atomic mass is 10.1. The Morgan fingerprint density at radius 3 is 2.71 bits per heavy atom. The van der Waals surface area contributed by atoms with E-state index >= 15 is 0 Å². The van der Waals surface area contributed by atoms with E-state index in [-0.39, 0.29) is 24.4 Å². The molecule has 0 unspecified atom stereocenters. The molecule has 0 aromatic heterocycles. The highest BCUT2D eigenvalue weighted by molar-refractivity contribution is 6.30. The number of hydrogen-bond acceptors (Lipinski definition) is 2. The average Bonchev–Trinajstić information content (AvgIpc) is 2.27. The normalized spacial score (nSPS) is 13.4. The van der Waals surface area contributed by atoms with Crippen LogP contribution in [0.15, 0.2) is 24.3 Å². The number of halogens is 2. The second-order valence-electron chi connectivity index (χ2n) is 3.80. The van der Waals surface area contributed by atoms with Gasteiger partial charge in [-0.1, -0.05) is 30.7 Å². The smallest absolute Gasteiger partial charge is 0.237 e. The second-order valence-corrected chi connectivity index (χ2v) is 4.24. The molecule has 3 nitrogen and oxygen atoms in total. The highest BCUT2D eigenvalue weighted by Gasteiger charge is 2.14. The van der Waals surface area contributed by atoms with E-state index < -0.39 is 6.04 Å². The van der Waals surface area contributed by atoms with E-state index in [2.05, 4.69) is 5.32 Å². The van der Waals surface area contributed by atoms with Crippen LogP contribution in [0.25, 0.3) is 0 Å². The Hall–Kier alpha value is -0.770. The highest BCUT2D eigenvalue weighted by atomic mass is 35.5. The molecule has 1 aromatic rings. The molecule has 0 saturated heterocycles. The summed E-state index contributed by atoms with van der Waals surface area (Å²) < 4.78 is 0. The topological polar surface area (TPSA) is 55.1 Å². The molecule has 96 valence electrons. The first-order valence-corrected chi connectivity index (χ1v) is 5.73. The Kier molecular flexibility index (Phi) is 7.19. The van der Waals surface area contributed by atoms with Crippen LogP contribution in [-0.2, 0) is 4.79 Å². The molecule has 2 atom stereocenters. The fraction of sp³-hybridized carbons (Fsp3) is 0.417. The summed E-state index contributed by atoms with van der Waals surface area (Å²) in [6, 6.07) is 6.90. The zero-order valence-electron chi connectivity index (χ0n) is 9.94. The maximum absolute atomic E-state index is 11.6. The van der Waals surface area contributed by atoms with Crippen LogP contribution in [-0.4, -0.2) is 11.9 Å². The van der Waals surface area contributed by atoms with Crippen molar-refractivity contribution < 1.29 is 4.79 Å². The Labute approximate surface area is 113 Å². The fourth-order valence-corrected chi connectivity index (χ4v) is 1.56. The molecule has 0 aliphatic rings. The average molecular weight is 277 g/mol. The molecule has 0 aliphatic heterocycles. The summed E-state index contributed by atoms with van der Waals surface area (Å²) in [5.41, 5.74) is 6.61. The van der Waals surface area contributed by atoms with Gasteiger partial charge in [0.15, 0.2) is 0 Å². The third-order valence-electron chi connectivity index (χ3n) is 2.48. The minimum absolute atomic E-state index is 0. The molecule has 17 heavy (non-hydrogen) atoms.